The van der Waals surface area contributed by atoms with Crippen molar-refractivity contribution in [3.05, 3.63) is 59.4 Å². The fourth-order valence-corrected chi connectivity index (χ4v) is 4.31. The number of nitrogens with one attached hydrogen (secondary N) is 3. The van der Waals surface area contributed by atoms with E-state index in [1.54, 1.807) is 0 Å². The third kappa shape index (κ3) is 4.39. The zero-order valence-electron chi connectivity index (χ0n) is 18.0. The summed E-state index contributed by atoms with van der Waals surface area (Å²) >= 11 is 0. The molecule has 0 saturated heterocycles. The summed E-state index contributed by atoms with van der Waals surface area (Å²) in [5.41, 5.74) is 4.87. The van der Waals surface area contributed by atoms with Crippen molar-refractivity contribution in [1.82, 2.24) is 15.3 Å². The summed E-state index contributed by atoms with van der Waals surface area (Å²) in [6.07, 6.45) is 5.73. The highest BCUT2D eigenvalue weighted by molar-refractivity contribution is 5.98. The van der Waals surface area contributed by atoms with Crippen LogP contribution in [0.15, 0.2) is 42.5 Å². The van der Waals surface area contributed by atoms with Crippen molar-refractivity contribution < 1.29 is 4.39 Å². The number of fused-ring (bicyclic) bond motifs is 1. The first-order valence-corrected chi connectivity index (χ1v) is 11.1. The number of aryl methyl sites for hydroxylation is 1. The van der Waals surface area contributed by atoms with Crippen LogP contribution in [-0.2, 0) is 0 Å². The van der Waals surface area contributed by atoms with Crippen molar-refractivity contribution in [1.29, 1.82) is 0 Å². The molecule has 0 spiro atoms. The number of hydrogen-bond acceptors (Lipinski definition) is 5. The van der Waals surface area contributed by atoms with Gasteiger partial charge < -0.3 is 16.0 Å². The average molecular weight is 418 g/mol. The molecule has 5 nitrogen and oxygen atoms in total. The molecule has 0 unspecified atom stereocenters. The molecule has 0 radical (unpaired) electrons. The molecule has 160 valence electrons. The molecular formula is C25H28FN5. The van der Waals surface area contributed by atoms with Crippen LogP contribution in [-0.4, -0.2) is 29.1 Å². The summed E-state index contributed by atoms with van der Waals surface area (Å²) in [6, 6.07) is 11.5. The molecule has 1 aliphatic heterocycles. The van der Waals surface area contributed by atoms with Gasteiger partial charge in [0, 0.05) is 29.2 Å². The van der Waals surface area contributed by atoms with Crippen molar-refractivity contribution in [3.8, 4) is 0 Å². The molecule has 3 aromatic rings. The van der Waals surface area contributed by atoms with E-state index in [1.807, 2.05) is 13.0 Å². The number of aromatic nitrogens is 2. The van der Waals surface area contributed by atoms with E-state index in [1.165, 1.54) is 30.5 Å². The van der Waals surface area contributed by atoms with Crippen LogP contribution in [0.4, 0.5) is 21.8 Å². The van der Waals surface area contributed by atoms with Gasteiger partial charge in [0.1, 0.15) is 11.6 Å². The standard InChI is InChI=1S/C25H28FN5/c1-15-12-19(26)14-20(13-15)29-25-30-23-21(18-8-10-27-11-9-18)4-3-5-22(23)24(31-25)28-16(2)17-6-7-17/h3-5,8,12-14,16-17,27H,6-7,9-11H2,1-2H3,(H2,28,29,30,31)/t16-/m1/s1. The summed E-state index contributed by atoms with van der Waals surface area (Å²) in [5, 5.41) is 11.3. The van der Waals surface area contributed by atoms with Crippen LogP contribution in [0.2, 0.25) is 0 Å². The molecule has 0 amide bonds. The summed E-state index contributed by atoms with van der Waals surface area (Å²) in [7, 11) is 0. The summed E-state index contributed by atoms with van der Waals surface area (Å²) in [6.45, 7) is 5.93. The Labute approximate surface area is 182 Å². The highest BCUT2D eigenvalue weighted by Gasteiger charge is 2.28. The van der Waals surface area contributed by atoms with E-state index in [0.29, 0.717) is 23.6 Å². The van der Waals surface area contributed by atoms with E-state index in [-0.39, 0.29) is 5.82 Å². The first-order chi connectivity index (χ1) is 15.1. The van der Waals surface area contributed by atoms with Crippen LogP contribution in [0.3, 0.4) is 0 Å². The van der Waals surface area contributed by atoms with Gasteiger partial charge in [0.2, 0.25) is 5.95 Å². The molecular weight excluding hydrogens is 389 g/mol. The molecule has 1 fully saturated rings. The number of anilines is 3. The van der Waals surface area contributed by atoms with E-state index < -0.39 is 0 Å². The number of benzene rings is 2. The fourth-order valence-electron chi connectivity index (χ4n) is 4.31. The number of nitrogens with zero attached hydrogens (tertiary/aromatic N) is 2. The third-order valence-electron chi connectivity index (χ3n) is 6.13. The van der Waals surface area contributed by atoms with Crippen molar-refractivity contribution in [2.75, 3.05) is 23.7 Å². The van der Waals surface area contributed by atoms with Gasteiger partial charge in [0.25, 0.3) is 0 Å². The molecule has 2 aromatic carbocycles. The van der Waals surface area contributed by atoms with Gasteiger partial charge in [-0.25, -0.2) is 9.37 Å². The maximum Gasteiger partial charge on any atom is 0.229 e. The highest BCUT2D eigenvalue weighted by Crippen LogP contribution is 2.36. The first-order valence-electron chi connectivity index (χ1n) is 11.1. The second-order valence-corrected chi connectivity index (χ2v) is 8.69. The Morgan fingerprint density at radius 2 is 2.03 bits per heavy atom. The van der Waals surface area contributed by atoms with Crippen molar-refractivity contribution in [3.63, 3.8) is 0 Å². The Morgan fingerprint density at radius 3 is 2.77 bits per heavy atom. The normalized spacial score (nSPS) is 17.3. The van der Waals surface area contributed by atoms with Crippen LogP contribution in [0.25, 0.3) is 16.5 Å². The Morgan fingerprint density at radius 1 is 1.16 bits per heavy atom. The number of para-hydroxylation sites is 1. The maximum absolute atomic E-state index is 13.9. The van der Waals surface area contributed by atoms with E-state index in [9.17, 15) is 4.39 Å². The van der Waals surface area contributed by atoms with Gasteiger partial charge in [-0.1, -0.05) is 18.2 Å². The van der Waals surface area contributed by atoms with Gasteiger partial charge >= 0.3 is 0 Å². The van der Waals surface area contributed by atoms with Gasteiger partial charge in [-0.15, -0.1) is 0 Å². The SMILES string of the molecule is Cc1cc(F)cc(Nc2nc(N[C@H](C)C3CC3)c3cccc(C4=CCNCC4)c3n2)c1. The van der Waals surface area contributed by atoms with E-state index in [2.05, 4.69) is 47.1 Å². The lowest BCUT2D eigenvalue weighted by Crippen LogP contribution is -2.20. The zero-order chi connectivity index (χ0) is 21.4. The fraction of sp³-hybridized carbons (Fsp3) is 0.360. The molecule has 1 aliphatic carbocycles. The van der Waals surface area contributed by atoms with Crippen molar-refractivity contribution in [2.24, 2.45) is 5.92 Å². The second-order valence-electron chi connectivity index (χ2n) is 8.69. The lowest BCUT2D eigenvalue weighted by Gasteiger charge is -2.19. The summed E-state index contributed by atoms with van der Waals surface area (Å²) < 4.78 is 13.9. The highest BCUT2D eigenvalue weighted by atomic mass is 19.1. The summed E-state index contributed by atoms with van der Waals surface area (Å²) in [4.78, 5) is 9.69. The van der Waals surface area contributed by atoms with Gasteiger partial charge in [-0.3, -0.25) is 0 Å². The van der Waals surface area contributed by atoms with Crippen LogP contribution < -0.4 is 16.0 Å². The molecule has 1 atom stereocenters. The number of rotatable bonds is 6. The molecule has 1 saturated carbocycles. The predicted octanol–water partition coefficient (Wildman–Crippen LogP) is 5.41. The van der Waals surface area contributed by atoms with Crippen LogP contribution in [0, 0.1) is 18.7 Å². The van der Waals surface area contributed by atoms with E-state index in [4.69, 9.17) is 9.97 Å². The Bertz CT molecular complexity index is 1130. The Balaban J connectivity index is 1.61. The minimum atomic E-state index is -0.274. The molecule has 3 N–H and O–H groups in total. The lowest BCUT2D eigenvalue weighted by atomic mass is 9.97. The summed E-state index contributed by atoms with van der Waals surface area (Å²) in [5.74, 6) is 1.73. The van der Waals surface area contributed by atoms with Gasteiger partial charge in [-0.05, 0) is 81.0 Å². The molecule has 0 bridgehead atoms. The van der Waals surface area contributed by atoms with Gasteiger partial charge in [0.15, 0.2) is 0 Å². The van der Waals surface area contributed by atoms with E-state index in [0.717, 1.165) is 47.4 Å². The van der Waals surface area contributed by atoms with Crippen molar-refractivity contribution >= 4 is 33.9 Å². The molecule has 6 heteroatoms. The topological polar surface area (TPSA) is 61.9 Å². The van der Waals surface area contributed by atoms with Crippen LogP contribution >= 0.6 is 0 Å². The minimum Gasteiger partial charge on any atom is -0.367 e. The van der Waals surface area contributed by atoms with Gasteiger partial charge in [0.05, 0.1) is 5.52 Å². The maximum atomic E-state index is 13.9. The molecule has 2 aliphatic rings. The van der Waals surface area contributed by atoms with Crippen LogP contribution in [0.5, 0.6) is 0 Å². The zero-order valence-corrected chi connectivity index (χ0v) is 18.0. The molecule has 2 heterocycles. The smallest absolute Gasteiger partial charge is 0.229 e. The minimum absolute atomic E-state index is 0.274. The quantitative estimate of drug-likeness (QED) is 0.501. The van der Waals surface area contributed by atoms with Crippen LogP contribution in [0.1, 0.15) is 37.3 Å². The number of hydrogen-bond donors (Lipinski definition) is 3. The Kier molecular flexibility index (Phi) is 5.32. The molecule has 1 aromatic heterocycles. The average Bonchev–Trinajstić information content (AvgIpc) is 3.59. The van der Waals surface area contributed by atoms with Crippen molar-refractivity contribution in [2.45, 2.75) is 39.2 Å². The first kappa shape index (κ1) is 19.9. The molecule has 5 rings (SSSR count). The van der Waals surface area contributed by atoms with E-state index >= 15 is 0 Å². The lowest BCUT2D eigenvalue weighted by molar-refractivity contribution is 0.627. The van der Waals surface area contributed by atoms with Gasteiger partial charge in [-0.2, -0.15) is 4.98 Å². The second kappa shape index (κ2) is 8.27. The monoisotopic (exact) mass is 417 g/mol. The number of halogens is 1. The predicted molar refractivity (Wildman–Crippen MR) is 125 cm³/mol. The largest absolute Gasteiger partial charge is 0.367 e. The third-order valence-corrected chi connectivity index (χ3v) is 6.13. The Hall–Kier alpha value is -2.99. The molecule has 31 heavy (non-hydrogen) atoms.